The van der Waals surface area contributed by atoms with Crippen molar-refractivity contribution in [1.29, 1.82) is 0 Å². The standard InChI is InChI=1S/C13H10BrFN2O2/c14-10-6-7-11(15)16-12(10)17-13(18)19-8-9-4-2-1-3-5-9/h1-7H,8H2,(H,16,17,18). The molecule has 0 atom stereocenters. The Kier molecular flexibility index (Phi) is 4.46. The first-order valence-corrected chi connectivity index (χ1v) is 6.24. The summed E-state index contributed by atoms with van der Waals surface area (Å²) >= 11 is 3.16. The minimum atomic E-state index is -0.692. The van der Waals surface area contributed by atoms with Crippen molar-refractivity contribution in [2.75, 3.05) is 5.32 Å². The van der Waals surface area contributed by atoms with E-state index >= 15 is 0 Å². The number of pyridine rings is 1. The fourth-order valence-electron chi connectivity index (χ4n) is 1.36. The van der Waals surface area contributed by atoms with Gasteiger partial charge in [-0.05, 0) is 33.6 Å². The van der Waals surface area contributed by atoms with Crippen LogP contribution in [-0.2, 0) is 11.3 Å². The van der Waals surface area contributed by atoms with Gasteiger partial charge in [0.15, 0.2) is 5.82 Å². The number of aromatic nitrogens is 1. The van der Waals surface area contributed by atoms with E-state index in [9.17, 15) is 9.18 Å². The average molecular weight is 325 g/mol. The number of ether oxygens (including phenoxy) is 1. The Hall–Kier alpha value is -1.95. The van der Waals surface area contributed by atoms with Crippen LogP contribution in [0.2, 0.25) is 0 Å². The summed E-state index contributed by atoms with van der Waals surface area (Å²) in [6.45, 7) is 0.139. The highest BCUT2D eigenvalue weighted by molar-refractivity contribution is 9.10. The lowest BCUT2D eigenvalue weighted by Gasteiger charge is -2.07. The van der Waals surface area contributed by atoms with Gasteiger partial charge in [-0.3, -0.25) is 5.32 Å². The molecule has 19 heavy (non-hydrogen) atoms. The molecule has 0 unspecified atom stereocenters. The molecule has 6 heteroatoms. The first-order chi connectivity index (χ1) is 9.15. The van der Waals surface area contributed by atoms with Gasteiger partial charge in [-0.1, -0.05) is 30.3 Å². The highest BCUT2D eigenvalue weighted by Crippen LogP contribution is 2.19. The van der Waals surface area contributed by atoms with Gasteiger partial charge in [0.05, 0.1) is 4.47 Å². The summed E-state index contributed by atoms with van der Waals surface area (Å²) < 4.78 is 18.4. The maximum atomic E-state index is 12.9. The second-order valence-corrected chi connectivity index (χ2v) is 4.51. The lowest BCUT2D eigenvalue weighted by atomic mass is 10.2. The number of nitrogens with zero attached hydrogens (tertiary/aromatic N) is 1. The van der Waals surface area contributed by atoms with Gasteiger partial charge < -0.3 is 4.74 Å². The maximum Gasteiger partial charge on any atom is 0.413 e. The summed E-state index contributed by atoms with van der Waals surface area (Å²) in [5.74, 6) is -0.598. The highest BCUT2D eigenvalue weighted by atomic mass is 79.9. The van der Waals surface area contributed by atoms with Gasteiger partial charge in [0.2, 0.25) is 5.95 Å². The molecule has 1 aromatic heterocycles. The molecule has 2 rings (SSSR count). The molecule has 1 amide bonds. The molecule has 2 aromatic rings. The fraction of sp³-hybridized carbons (Fsp3) is 0.0769. The Labute approximate surface area is 117 Å². The molecule has 1 aromatic carbocycles. The summed E-state index contributed by atoms with van der Waals surface area (Å²) in [7, 11) is 0. The monoisotopic (exact) mass is 324 g/mol. The number of hydrogen-bond donors (Lipinski definition) is 1. The molecule has 0 saturated carbocycles. The fourth-order valence-corrected chi connectivity index (χ4v) is 1.68. The number of benzene rings is 1. The minimum absolute atomic E-state index is 0.0815. The van der Waals surface area contributed by atoms with Gasteiger partial charge in [0, 0.05) is 0 Å². The number of carbonyl (C=O) groups is 1. The van der Waals surface area contributed by atoms with Crippen LogP contribution in [-0.4, -0.2) is 11.1 Å². The van der Waals surface area contributed by atoms with Crippen molar-refractivity contribution in [3.05, 3.63) is 58.4 Å². The Balaban J connectivity index is 1.93. The Morgan fingerprint density at radius 2 is 2.00 bits per heavy atom. The second kappa shape index (κ2) is 6.29. The first-order valence-electron chi connectivity index (χ1n) is 5.45. The Morgan fingerprint density at radius 1 is 1.26 bits per heavy atom. The number of anilines is 1. The van der Waals surface area contributed by atoms with E-state index in [0.717, 1.165) is 5.56 Å². The maximum absolute atomic E-state index is 12.9. The number of hydrogen-bond acceptors (Lipinski definition) is 3. The largest absolute Gasteiger partial charge is 0.444 e. The summed E-state index contributed by atoms with van der Waals surface area (Å²) in [4.78, 5) is 15.1. The third-order valence-corrected chi connectivity index (χ3v) is 2.89. The van der Waals surface area contributed by atoms with Gasteiger partial charge in [-0.2, -0.15) is 4.39 Å². The van der Waals surface area contributed by atoms with Crippen LogP contribution >= 0.6 is 15.9 Å². The van der Waals surface area contributed by atoms with Crippen LogP contribution in [0.1, 0.15) is 5.56 Å². The van der Waals surface area contributed by atoms with Gasteiger partial charge in [0.25, 0.3) is 0 Å². The van der Waals surface area contributed by atoms with Crippen LogP contribution in [0.5, 0.6) is 0 Å². The van der Waals surface area contributed by atoms with E-state index in [0.29, 0.717) is 4.47 Å². The molecule has 0 aliphatic carbocycles. The molecule has 0 radical (unpaired) electrons. The summed E-state index contributed by atoms with van der Waals surface area (Å²) in [6.07, 6.45) is -0.692. The Morgan fingerprint density at radius 3 is 2.74 bits per heavy atom. The molecule has 0 aliphatic heterocycles. The number of carbonyl (C=O) groups excluding carboxylic acids is 1. The van der Waals surface area contributed by atoms with E-state index in [-0.39, 0.29) is 12.4 Å². The quantitative estimate of drug-likeness (QED) is 0.875. The zero-order chi connectivity index (χ0) is 13.7. The van der Waals surface area contributed by atoms with Crippen LogP contribution < -0.4 is 5.32 Å². The van der Waals surface area contributed by atoms with E-state index in [2.05, 4.69) is 26.2 Å². The van der Waals surface area contributed by atoms with Crippen molar-refractivity contribution >= 4 is 27.8 Å². The van der Waals surface area contributed by atoms with E-state index in [1.165, 1.54) is 12.1 Å². The van der Waals surface area contributed by atoms with E-state index in [1.807, 2.05) is 30.3 Å². The first kappa shape index (κ1) is 13.5. The van der Waals surface area contributed by atoms with Crippen molar-refractivity contribution in [3.8, 4) is 0 Å². The molecular formula is C13H10BrFN2O2. The SMILES string of the molecule is O=C(Nc1nc(F)ccc1Br)OCc1ccccc1. The van der Waals surface area contributed by atoms with Crippen LogP contribution in [0.25, 0.3) is 0 Å². The van der Waals surface area contributed by atoms with Crippen LogP contribution in [0, 0.1) is 5.95 Å². The molecule has 1 heterocycles. The van der Waals surface area contributed by atoms with E-state index in [1.54, 1.807) is 0 Å². The second-order valence-electron chi connectivity index (χ2n) is 3.65. The number of amides is 1. The van der Waals surface area contributed by atoms with Gasteiger partial charge >= 0.3 is 6.09 Å². The van der Waals surface area contributed by atoms with Crippen LogP contribution in [0.15, 0.2) is 46.9 Å². The van der Waals surface area contributed by atoms with Crippen molar-refractivity contribution in [1.82, 2.24) is 4.98 Å². The zero-order valence-electron chi connectivity index (χ0n) is 9.77. The van der Waals surface area contributed by atoms with Gasteiger partial charge in [-0.25, -0.2) is 9.78 Å². The molecule has 1 N–H and O–H groups in total. The number of halogens is 2. The van der Waals surface area contributed by atoms with Crippen LogP contribution in [0.4, 0.5) is 15.0 Å². The van der Waals surface area contributed by atoms with E-state index in [4.69, 9.17) is 4.74 Å². The van der Waals surface area contributed by atoms with Crippen molar-refractivity contribution < 1.29 is 13.9 Å². The predicted molar refractivity (Wildman–Crippen MR) is 72.1 cm³/mol. The predicted octanol–water partition coefficient (Wildman–Crippen LogP) is 3.73. The van der Waals surface area contributed by atoms with Crippen molar-refractivity contribution in [2.45, 2.75) is 6.61 Å². The van der Waals surface area contributed by atoms with E-state index < -0.39 is 12.0 Å². The van der Waals surface area contributed by atoms with Gasteiger partial charge in [-0.15, -0.1) is 0 Å². The molecule has 98 valence electrons. The smallest absolute Gasteiger partial charge is 0.413 e. The molecule has 0 aliphatic rings. The van der Waals surface area contributed by atoms with Crippen molar-refractivity contribution in [3.63, 3.8) is 0 Å². The van der Waals surface area contributed by atoms with Crippen LogP contribution in [0.3, 0.4) is 0 Å². The summed E-state index contributed by atoms with van der Waals surface area (Å²) in [6, 6.07) is 11.9. The summed E-state index contributed by atoms with van der Waals surface area (Å²) in [5, 5.41) is 2.36. The number of rotatable bonds is 3. The molecule has 0 fully saturated rings. The normalized spacial score (nSPS) is 10.0. The third kappa shape index (κ3) is 4.03. The topological polar surface area (TPSA) is 51.2 Å². The minimum Gasteiger partial charge on any atom is -0.444 e. The Bertz CT molecular complexity index is 578. The molecular weight excluding hydrogens is 315 g/mol. The van der Waals surface area contributed by atoms with Crippen molar-refractivity contribution in [2.24, 2.45) is 0 Å². The lowest BCUT2D eigenvalue weighted by molar-refractivity contribution is 0.155. The zero-order valence-corrected chi connectivity index (χ0v) is 11.4. The molecule has 4 nitrogen and oxygen atoms in total. The molecule has 0 spiro atoms. The molecule has 0 bridgehead atoms. The lowest BCUT2D eigenvalue weighted by Crippen LogP contribution is -2.15. The third-order valence-electron chi connectivity index (χ3n) is 2.25. The number of nitrogens with one attached hydrogen (secondary N) is 1. The summed E-state index contributed by atoms with van der Waals surface area (Å²) in [5.41, 5.74) is 0.865. The van der Waals surface area contributed by atoms with Gasteiger partial charge in [0.1, 0.15) is 6.61 Å². The highest BCUT2D eigenvalue weighted by Gasteiger charge is 2.09. The average Bonchev–Trinajstić information content (AvgIpc) is 2.42. The molecule has 0 saturated heterocycles.